The number of allylic oxidation sites excluding steroid dienone is 4. The van der Waals surface area contributed by atoms with Crippen molar-refractivity contribution in [3.05, 3.63) is 35.5 Å². The Labute approximate surface area is 124 Å². The summed E-state index contributed by atoms with van der Waals surface area (Å²) in [4.78, 5) is 11.4. The molecular weight excluding hydrogens is 250 g/mol. The number of ether oxygens (including phenoxy) is 1. The van der Waals surface area contributed by atoms with Crippen LogP contribution < -0.4 is 5.32 Å². The van der Waals surface area contributed by atoms with Crippen molar-refractivity contribution in [2.75, 3.05) is 6.54 Å². The number of rotatable bonds is 4. The Balaban J connectivity index is 0. The molecule has 0 fully saturated rings. The molecule has 0 saturated heterocycles. The SMILES string of the molecule is C=C(/C(C)=C\C)/C(C)=C/CNC(=O)OC(C)(C)C.CC. The average molecular weight is 281 g/mol. The van der Waals surface area contributed by atoms with Crippen molar-refractivity contribution in [1.29, 1.82) is 0 Å². The molecule has 0 atom stereocenters. The lowest BCUT2D eigenvalue weighted by Crippen LogP contribution is -2.32. The fourth-order valence-electron chi connectivity index (χ4n) is 1.21. The molecule has 116 valence electrons. The molecule has 1 N–H and O–H groups in total. The van der Waals surface area contributed by atoms with Crippen molar-refractivity contribution in [3.63, 3.8) is 0 Å². The number of carbonyl (C=O) groups excluding carboxylic acids is 1. The van der Waals surface area contributed by atoms with E-state index in [1.54, 1.807) is 0 Å². The second-order valence-electron chi connectivity index (χ2n) is 5.22. The zero-order valence-electron chi connectivity index (χ0n) is 14.4. The minimum absolute atomic E-state index is 0.403. The van der Waals surface area contributed by atoms with Gasteiger partial charge in [-0.3, -0.25) is 0 Å². The van der Waals surface area contributed by atoms with Gasteiger partial charge in [-0.05, 0) is 58.3 Å². The van der Waals surface area contributed by atoms with Crippen LogP contribution in [0.5, 0.6) is 0 Å². The van der Waals surface area contributed by atoms with Crippen molar-refractivity contribution in [2.24, 2.45) is 0 Å². The Morgan fingerprint density at radius 1 is 1.20 bits per heavy atom. The number of carbonyl (C=O) groups is 1. The fraction of sp³-hybridized carbons (Fsp3) is 0.588. The first-order valence-corrected chi connectivity index (χ1v) is 7.13. The van der Waals surface area contributed by atoms with Crippen LogP contribution in [0.2, 0.25) is 0 Å². The summed E-state index contributed by atoms with van der Waals surface area (Å²) in [5, 5.41) is 2.68. The van der Waals surface area contributed by atoms with E-state index in [1.807, 2.05) is 67.5 Å². The molecule has 0 aromatic rings. The molecular formula is C17H31NO2. The summed E-state index contributed by atoms with van der Waals surface area (Å²) < 4.78 is 5.14. The van der Waals surface area contributed by atoms with Crippen molar-refractivity contribution >= 4 is 6.09 Å². The summed E-state index contributed by atoms with van der Waals surface area (Å²) >= 11 is 0. The van der Waals surface area contributed by atoms with Crippen LogP contribution in [0, 0.1) is 0 Å². The van der Waals surface area contributed by atoms with Crippen molar-refractivity contribution in [3.8, 4) is 0 Å². The quantitative estimate of drug-likeness (QED) is 0.736. The lowest BCUT2D eigenvalue weighted by Gasteiger charge is -2.19. The van der Waals surface area contributed by atoms with Crippen LogP contribution in [0.4, 0.5) is 4.79 Å². The van der Waals surface area contributed by atoms with Gasteiger partial charge < -0.3 is 10.1 Å². The molecule has 3 nitrogen and oxygen atoms in total. The summed E-state index contributed by atoms with van der Waals surface area (Å²) in [6.07, 6.45) is 3.54. The van der Waals surface area contributed by atoms with E-state index in [4.69, 9.17) is 4.74 Å². The maximum Gasteiger partial charge on any atom is 0.407 e. The number of hydrogen-bond acceptors (Lipinski definition) is 2. The van der Waals surface area contributed by atoms with Gasteiger partial charge in [-0.25, -0.2) is 4.79 Å². The van der Waals surface area contributed by atoms with Crippen LogP contribution in [0.15, 0.2) is 35.5 Å². The number of alkyl carbamates (subject to hydrolysis) is 1. The third-order valence-corrected chi connectivity index (χ3v) is 2.44. The summed E-state index contributed by atoms with van der Waals surface area (Å²) in [7, 11) is 0. The largest absolute Gasteiger partial charge is 0.444 e. The molecule has 1 amide bonds. The second kappa shape index (κ2) is 10.3. The molecule has 0 aromatic carbocycles. The fourth-order valence-corrected chi connectivity index (χ4v) is 1.21. The highest BCUT2D eigenvalue weighted by Crippen LogP contribution is 2.15. The van der Waals surface area contributed by atoms with Gasteiger partial charge in [-0.15, -0.1) is 0 Å². The minimum atomic E-state index is -0.464. The molecule has 0 aromatic heterocycles. The molecule has 0 rings (SSSR count). The van der Waals surface area contributed by atoms with Crippen LogP contribution in [0.3, 0.4) is 0 Å². The van der Waals surface area contributed by atoms with E-state index in [1.165, 1.54) is 0 Å². The summed E-state index contributed by atoms with van der Waals surface area (Å²) in [6.45, 7) is 19.9. The molecule has 0 unspecified atom stereocenters. The van der Waals surface area contributed by atoms with Gasteiger partial charge in [-0.2, -0.15) is 0 Å². The molecule has 0 aliphatic rings. The molecule has 0 saturated carbocycles. The minimum Gasteiger partial charge on any atom is -0.444 e. The van der Waals surface area contributed by atoms with Gasteiger partial charge in [0.25, 0.3) is 0 Å². The summed E-state index contributed by atoms with van der Waals surface area (Å²) in [6, 6.07) is 0. The van der Waals surface area contributed by atoms with E-state index >= 15 is 0 Å². The van der Waals surface area contributed by atoms with Gasteiger partial charge in [0.05, 0.1) is 0 Å². The predicted molar refractivity (Wildman–Crippen MR) is 87.9 cm³/mol. The Hall–Kier alpha value is -1.51. The Kier molecular flexibility index (Phi) is 10.7. The van der Waals surface area contributed by atoms with E-state index < -0.39 is 11.7 Å². The maximum absolute atomic E-state index is 11.4. The Morgan fingerprint density at radius 2 is 1.70 bits per heavy atom. The Morgan fingerprint density at radius 3 is 2.10 bits per heavy atom. The molecule has 3 heteroatoms. The third-order valence-electron chi connectivity index (χ3n) is 2.44. The first kappa shape index (κ1) is 20.8. The molecule has 0 heterocycles. The lowest BCUT2D eigenvalue weighted by molar-refractivity contribution is 0.0534. The molecule has 20 heavy (non-hydrogen) atoms. The highest BCUT2D eigenvalue weighted by molar-refractivity contribution is 5.67. The Bertz CT molecular complexity index is 371. The van der Waals surface area contributed by atoms with Gasteiger partial charge in [-0.1, -0.05) is 32.6 Å². The van der Waals surface area contributed by atoms with Crippen molar-refractivity contribution in [2.45, 2.75) is 61.0 Å². The van der Waals surface area contributed by atoms with Gasteiger partial charge in [0, 0.05) is 6.54 Å². The van der Waals surface area contributed by atoms with Crippen molar-refractivity contribution in [1.82, 2.24) is 5.32 Å². The second-order valence-corrected chi connectivity index (χ2v) is 5.22. The zero-order chi connectivity index (χ0) is 16.3. The molecule has 0 aliphatic carbocycles. The van der Waals surface area contributed by atoms with Gasteiger partial charge in [0.2, 0.25) is 0 Å². The van der Waals surface area contributed by atoms with Crippen LogP contribution in [-0.2, 0) is 4.74 Å². The van der Waals surface area contributed by atoms with Gasteiger partial charge in [0.15, 0.2) is 0 Å². The standard InChI is InChI=1S/C15H25NO2.C2H6/c1-8-11(2)13(4)12(3)9-10-16-14(17)18-15(5,6)7;1-2/h8-9H,4,10H2,1-3,5-7H3,(H,16,17);1-2H3/b11-8-,12-9+;. The van der Waals surface area contributed by atoms with E-state index in [9.17, 15) is 4.79 Å². The monoisotopic (exact) mass is 281 g/mol. The third kappa shape index (κ3) is 10.4. The van der Waals surface area contributed by atoms with Gasteiger partial charge in [0.1, 0.15) is 5.60 Å². The first-order chi connectivity index (χ1) is 9.17. The highest BCUT2D eigenvalue weighted by Gasteiger charge is 2.15. The smallest absolute Gasteiger partial charge is 0.407 e. The van der Waals surface area contributed by atoms with E-state index in [-0.39, 0.29) is 0 Å². The molecule has 0 spiro atoms. The summed E-state index contributed by atoms with van der Waals surface area (Å²) in [5.74, 6) is 0. The summed E-state index contributed by atoms with van der Waals surface area (Å²) in [5.41, 5.74) is 2.72. The number of amides is 1. The first-order valence-electron chi connectivity index (χ1n) is 7.13. The van der Waals surface area contributed by atoms with Crippen LogP contribution in [0.1, 0.15) is 55.4 Å². The van der Waals surface area contributed by atoms with E-state index in [0.717, 1.165) is 16.7 Å². The normalized spacial score (nSPS) is 12.2. The number of nitrogens with one attached hydrogen (secondary N) is 1. The van der Waals surface area contributed by atoms with Crippen LogP contribution in [0.25, 0.3) is 0 Å². The predicted octanol–water partition coefficient (Wildman–Crippen LogP) is 5.01. The van der Waals surface area contributed by atoms with E-state index in [0.29, 0.717) is 6.54 Å². The highest BCUT2D eigenvalue weighted by atomic mass is 16.6. The average Bonchev–Trinajstić information content (AvgIpc) is 2.37. The lowest BCUT2D eigenvalue weighted by atomic mass is 10.0. The van der Waals surface area contributed by atoms with Crippen molar-refractivity contribution < 1.29 is 9.53 Å². The molecule has 0 radical (unpaired) electrons. The maximum atomic E-state index is 11.4. The van der Waals surface area contributed by atoms with Crippen LogP contribution in [-0.4, -0.2) is 18.2 Å². The number of hydrogen-bond donors (Lipinski definition) is 1. The topological polar surface area (TPSA) is 38.3 Å². The van der Waals surface area contributed by atoms with Crippen LogP contribution >= 0.6 is 0 Å². The molecule has 0 bridgehead atoms. The van der Waals surface area contributed by atoms with E-state index in [2.05, 4.69) is 11.9 Å². The van der Waals surface area contributed by atoms with Gasteiger partial charge >= 0.3 is 6.09 Å². The zero-order valence-corrected chi connectivity index (χ0v) is 14.4. The molecule has 0 aliphatic heterocycles.